The summed E-state index contributed by atoms with van der Waals surface area (Å²) in [6.45, 7) is 9.19. The first kappa shape index (κ1) is 15.5. The molecule has 1 aromatic carbocycles. The van der Waals surface area contributed by atoms with Crippen molar-refractivity contribution in [1.29, 1.82) is 0 Å². The van der Waals surface area contributed by atoms with Gasteiger partial charge < -0.3 is 15.2 Å². The highest BCUT2D eigenvalue weighted by molar-refractivity contribution is 5.81. The first-order valence-corrected chi connectivity index (χ1v) is 6.46. The van der Waals surface area contributed by atoms with Gasteiger partial charge in [-0.15, -0.1) is 0 Å². The Kier molecular flexibility index (Phi) is 4.95. The number of amides is 1. The van der Waals surface area contributed by atoms with Gasteiger partial charge in [-0.05, 0) is 52.3 Å². The third kappa shape index (κ3) is 5.30. The summed E-state index contributed by atoms with van der Waals surface area (Å²) < 4.78 is 5.56. The van der Waals surface area contributed by atoms with E-state index in [1.807, 2.05) is 20.8 Å². The van der Waals surface area contributed by atoms with E-state index in [-0.39, 0.29) is 11.4 Å². The van der Waals surface area contributed by atoms with Crippen LogP contribution >= 0.6 is 0 Å². The van der Waals surface area contributed by atoms with Crippen molar-refractivity contribution < 1.29 is 14.6 Å². The van der Waals surface area contributed by atoms with Gasteiger partial charge in [0.15, 0.2) is 6.10 Å². The summed E-state index contributed by atoms with van der Waals surface area (Å²) in [6, 6.07) is 7.08. The normalized spacial score (nSPS) is 14.6. The summed E-state index contributed by atoms with van der Waals surface area (Å²) in [7, 11) is 0. The number of hydrogen-bond donors (Lipinski definition) is 2. The molecule has 1 amide bonds. The molecule has 4 nitrogen and oxygen atoms in total. The van der Waals surface area contributed by atoms with Crippen LogP contribution in [0.4, 0.5) is 0 Å². The molecule has 0 spiro atoms. The van der Waals surface area contributed by atoms with Gasteiger partial charge in [-0.2, -0.15) is 0 Å². The van der Waals surface area contributed by atoms with Gasteiger partial charge in [0.05, 0.1) is 6.10 Å². The maximum atomic E-state index is 11.9. The fourth-order valence-electron chi connectivity index (χ4n) is 1.55. The molecule has 0 saturated heterocycles. The van der Waals surface area contributed by atoms with Gasteiger partial charge in [0.2, 0.25) is 0 Å². The largest absolute Gasteiger partial charge is 0.481 e. The van der Waals surface area contributed by atoms with Crippen molar-refractivity contribution in [2.75, 3.05) is 0 Å². The van der Waals surface area contributed by atoms with E-state index in [0.717, 1.165) is 5.56 Å². The van der Waals surface area contributed by atoms with Gasteiger partial charge in [-0.3, -0.25) is 4.79 Å². The Morgan fingerprint density at radius 2 is 1.74 bits per heavy atom. The minimum absolute atomic E-state index is 0.146. The molecule has 2 N–H and O–H groups in total. The number of carbonyl (C=O) groups is 1. The molecule has 0 bridgehead atoms. The number of nitrogens with one attached hydrogen (secondary N) is 1. The van der Waals surface area contributed by atoms with Crippen LogP contribution in [0, 0.1) is 0 Å². The maximum Gasteiger partial charge on any atom is 0.261 e. The molecule has 1 rings (SSSR count). The number of aliphatic hydroxyl groups is 1. The minimum Gasteiger partial charge on any atom is -0.481 e. The number of rotatable bonds is 4. The van der Waals surface area contributed by atoms with Crippen LogP contribution in [0.5, 0.6) is 5.75 Å². The summed E-state index contributed by atoms with van der Waals surface area (Å²) >= 11 is 0. The van der Waals surface area contributed by atoms with E-state index in [1.165, 1.54) is 0 Å². The van der Waals surface area contributed by atoms with Crippen molar-refractivity contribution in [2.45, 2.75) is 52.4 Å². The van der Waals surface area contributed by atoms with Crippen LogP contribution < -0.4 is 10.1 Å². The average molecular weight is 265 g/mol. The summed E-state index contributed by atoms with van der Waals surface area (Å²) in [5.74, 6) is 0.466. The molecule has 0 aliphatic carbocycles. The lowest BCUT2D eigenvalue weighted by molar-refractivity contribution is -0.128. The monoisotopic (exact) mass is 265 g/mol. The number of carbonyl (C=O) groups excluding carboxylic acids is 1. The maximum absolute atomic E-state index is 11.9. The molecule has 0 aliphatic rings. The molecule has 0 aliphatic heterocycles. The molecular formula is C15H23NO3. The molecule has 2 atom stereocenters. The van der Waals surface area contributed by atoms with Gasteiger partial charge >= 0.3 is 0 Å². The fraction of sp³-hybridized carbons (Fsp3) is 0.533. The van der Waals surface area contributed by atoms with Gasteiger partial charge in [-0.25, -0.2) is 0 Å². The van der Waals surface area contributed by atoms with E-state index in [4.69, 9.17) is 4.74 Å². The predicted molar refractivity (Wildman–Crippen MR) is 75.1 cm³/mol. The number of aliphatic hydroxyl groups excluding tert-OH is 1. The molecular weight excluding hydrogens is 242 g/mol. The number of benzene rings is 1. The Morgan fingerprint density at radius 1 is 1.21 bits per heavy atom. The van der Waals surface area contributed by atoms with Crippen LogP contribution in [0.25, 0.3) is 0 Å². The molecule has 0 radical (unpaired) electrons. The zero-order valence-corrected chi connectivity index (χ0v) is 12.2. The summed E-state index contributed by atoms with van der Waals surface area (Å²) in [5, 5.41) is 12.3. The van der Waals surface area contributed by atoms with Crippen LogP contribution in [0.15, 0.2) is 24.3 Å². The Balaban J connectivity index is 2.61. The third-order valence-corrected chi connectivity index (χ3v) is 2.54. The molecule has 1 aromatic rings. The number of hydrogen-bond acceptors (Lipinski definition) is 3. The number of ether oxygens (including phenoxy) is 1. The lowest BCUT2D eigenvalue weighted by Crippen LogP contribution is -2.46. The highest BCUT2D eigenvalue weighted by Gasteiger charge is 2.20. The van der Waals surface area contributed by atoms with Gasteiger partial charge in [0.25, 0.3) is 5.91 Å². The molecule has 19 heavy (non-hydrogen) atoms. The quantitative estimate of drug-likeness (QED) is 0.879. The highest BCUT2D eigenvalue weighted by Crippen LogP contribution is 2.18. The Morgan fingerprint density at radius 3 is 2.16 bits per heavy atom. The van der Waals surface area contributed by atoms with Crippen LogP contribution in [-0.2, 0) is 4.79 Å². The molecule has 4 heteroatoms. The predicted octanol–water partition coefficient (Wildman–Crippen LogP) is 2.42. The van der Waals surface area contributed by atoms with E-state index in [2.05, 4.69) is 5.32 Å². The summed E-state index contributed by atoms with van der Waals surface area (Å²) in [6.07, 6.45) is -1.06. The second kappa shape index (κ2) is 6.06. The van der Waals surface area contributed by atoms with E-state index in [0.29, 0.717) is 5.75 Å². The second-order valence-corrected chi connectivity index (χ2v) is 5.74. The van der Waals surface area contributed by atoms with Crippen molar-refractivity contribution in [3.8, 4) is 5.75 Å². The summed E-state index contributed by atoms with van der Waals surface area (Å²) in [4.78, 5) is 11.9. The molecule has 0 saturated carbocycles. The van der Waals surface area contributed by atoms with Crippen molar-refractivity contribution in [2.24, 2.45) is 0 Å². The van der Waals surface area contributed by atoms with Crippen LogP contribution in [0.3, 0.4) is 0 Å². The lowest BCUT2D eigenvalue weighted by Gasteiger charge is -2.23. The smallest absolute Gasteiger partial charge is 0.261 e. The van der Waals surface area contributed by atoms with Crippen molar-refractivity contribution in [1.82, 2.24) is 5.32 Å². The molecule has 106 valence electrons. The first-order valence-electron chi connectivity index (χ1n) is 6.46. The van der Waals surface area contributed by atoms with Crippen molar-refractivity contribution in [3.63, 3.8) is 0 Å². The van der Waals surface area contributed by atoms with Crippen LogP contribution in [0.2, 0.25) is 0 Å². The summed E-state index contributed by atoms with van der Waals surface area (Å²) in [5.41, 5.74) is 0.546. The molecule has 1 unspecified atom stereocenters. The van der Waals surface area contributed by atoms with Crippen molar-refractivity contribution >= 4 is 5.91 Å². The Bertz CT molecular complexity index is 418. The van der Waals surface area contributed by atoms with E-state index in [9.17, 15) is 9.90 Å². The molecule has 0 heterocycles. The lowest BCUT2D eigenvalue weighted by atomic mass is 10.1. The van der Waals surface area contributed by atoms with Crippen LogP contribution in [0.1, 0.15) is 46.3 Å². The third-order valence-electron chi connectivity index (χ3n) is 2.54. The highest BCUT2D eigenvalue weighted by atomic mass is 16.5. The second-order valence-electron chi connectivity index (χ2n) is 5.74. The van der Waals surface area contributed by atoms with E-state index < -0.39 is 12.2 Å². The zero-order valence-electron chi connectivity index (χ0n) is 12.2. The zero-order chi connectivity index (χ0) is 14.6. The SMILES string of the molecule is CC(Oc1ccc([C@H](C)O)cc1)C(=O)NC(C)(C)C. The van der Waals surface area contributed by atoms with Gasteiger partial charge in [0, 0.05) is 5.54 Å². The molecule has 0 aromatic heterocycles. The standard InChI is InChI=1S/C15H23NO3/c1-10(17)12-6-8-13(9-7-12)19-11(2)14(18)16-15(3,4)5/h6-11,17H,1-5H3,(H,16,18)/t10-,11?/m0/s1. The van der Waals surface area contributed by atoms with Crippen molar-refractivity contribution in [3.05, 3.63) is 29.8 Å². The topological polar surface area (TPSA) is 58.6 Å². The van der Waals surface area contributed by atoms with Gasteiger partial charge in [-0.1, -0.05) is 12.1 Å². The van der Waals surface area contributed by atoms with Crippen LogP contribution in [-0.4, -0.2) is 22.7 Å². The Hall–Kier alpha value is -1.55. The minimum atomic E-state index is -0.559. The van der Waals surface area contributed by atoms with E-state index in [1.54, 1.807) is 38.1 Å². The molecule has 0 fully saturated rings. The first-order chi connectivity index (χ1) is 8.69. The fourth-order valence-corrected chi connectivity index (χ4v) is 1.55. The van der Waals surface area contributed by atoms with E-state index >= 15 is 0 Å². The van der Waals surface area contributed by atoms with Gasteiger partial charge in [0.1, 0.15) is 5.75 Å². The average Bonchev–Trinajstić information content (AvgIpc) is 2.27. The Labute approximate surface area is 114 Å².